The molecule has 2 aromatic rings. The first kappa shape index (κ1) is 17.7. The first-order valence-electron chi connectivity index (χ1n) is 9.98. The molecular weight excluding hydrogens is 326 g/mol. The summed E-state index contributed by atoms with van der Waals surface area (Å²) in [6, 6.07) is 8.98. The molecule has 2 aliphatic rings. The van der Waals surface area contributed by atoms with Crippen LogP contribution in [0.5, 0.6) is 0 Å². The zero-order chi connectivity index (χ0) is 17.8. The van der Waals surface area contributed by atoms with E-state index in [0.29, 0.717) is 6.61 Å². The summed E-state index contributed by atoms with van der Waals surface area (Å²) >= 11 is 0. The summed E-state index contributed by atoms with van der Waals surface area (Å²) < 4.78 is 11.3. The molecule has 0 spiro atoms. The Labute approximate surface area is 155 Å². The van der Waals surface area contributed by atoms with Crippen LogP contribution in [0.1, 0.15) is 61.0 Å². The average molecular weight is 355 g/mol. The van der Waals surface area contributed by atoms with Crippen LogP contribution in [0.15, 0.2) is 28.8 Å². The molecule has 4 rings (SSSR count). The second kappa shape index (κ2) is 8.31. The molecule has 140 valence electrons. The average Bonchev–Trinajstić information content (AvgIpc) is 3.35. The standard InChI is InChI=1S/C21H29N3O2/c1-16-5-4-6-18(13-16)14-24-11-3-2-7-19(24)21-22-20(23-26-21)10-12-25-15-17-8-9-17/h4-6,13,17,19H,2-3,7-12,14-15H2,1H3. The van der Waals surface area contributed by atoms with Gasteiger partial charge in [-0.15, -0.1) is 0 Å². The van der Waals surface area contributed by atoms with Gasteiger partial charge in [-0.05, 0) is 50.6 Å². The lowest BCUT2D eigenvalue weighted by Gasteiger charge is -2.33. The zero-order valence-corrected chi connectivity index (χ0v) is 15.7. The molecule has 0 amide bonds. The third-order valence-electron chi connectivity index (χ3n) is 5.37. The SMILES string of the molecule is Cc1cccc(CN2CCCCC2c2nc(CCOCC3CC3)no2)c1. The number of benzene rings is 1. The van der Waals surface area contributed by atoms with Crippen molar-refractivity contribution in [1.82, 2.24) is 15.0 Å². The summed E-state index contributed by atoms with van der Waals surface area (Å²) in [5.41, 5.74) is 2.66. The highest BCUT2D eigenvalue weighted by Crippen LogP contribution is 2.31. The number of aryl methyl sites for hydroxylation is 1. The quantitative estimate of drug-likeness (QED) is 0.668. The van der Waals surface area contributed by atoms with Gasteiger partial charge in [0.25, 0.3) is 0 Å². The van der Waals surface area contributed by atoms with Gasteiger partial charge in [-0.2, -0.15) is 4.98 Å². The van der Waals surface area contributed by atoms with E-state index >= 15 is 0 Å². The fraction of sp³-hybridized carbons (Fsp3) is 0.619. The van der Waals surface area contributed by atoms with Crippen LogP contribution in [0.2, 0.25) is 0 Å². The van der Waals surface area contributed by atoms with E-state index in [4.69, 9.17) is 9.26 Å². The van der Waals surface area contributed by atoms with Crippen LogP contribution in [-0.4, -0.2) is 34.8 Å². The molecule has 1 unspecified atom stereocenters. The molecule has 1 aromatic carbocycles. The Bertz CT molecular complexity index is 711. The van der Waals surface area contributed by atoms with Gasteiger partial charge < -0.3 is 9.26 Å². The maximum absolute atomic E-state index is 5.70. The van der Waals surface area contributed by atoms with Crippen LogP contribution in [0.3, 0.4) is 0 Å². The summed E-state index contributed by atoms with van der Waals surface area (Å²) in [4.78, 5) is 7.16. The second-order valence-electron chi connectivity index (χ2n) is 7.79. The Balaban J connectivity index is 1.36. The van der Waals surface area contributed by atoms with E-state index in [1.165, 1.54) is 36.8 Å². The molecule has 0 bridgehead atoms. The lowest BCUT2D eigenvalue weighted by molar-refractivity contribution is 0.111. The number of aromatic nitrogens is 2. The Kier molecular flexibility index (Phi) is 5.65. The van der Waals surface area contributed by atoms with E-state index in [2.05, 4.69) is 46.2 Å². The van der Waals surface area contributed by atoms with E-state index in [1.54, 1.807) is 0 Å². The highest BCUT2D eigenvalue weighted by Gasteiger charge is 2.29. The van der Waals surface area contributed by atoms with Crippen LogP contribution in [0.25, 0.3) is 0 Å². The van der Waals surface area contributed by atoms with Gasteiger partial charge in [-0.3, -0.25) is 4.90 Å². The molecule has 26 heavy (non-hydrogen) atoms. The number of hydrogen-bond donors (Lipinski definition) is 0. The zero-order valence-electron chi connectivity index (χ0n) is 15.7. The summed E-state index contributed by atoms with van der Waals surface area (Å²) in [5, 5.41) is 4.19. The van der Waals surface area contributed by atoms with E-state index in [-0.39, 0.29) is 6.04 Å². The van der Waals surface area contributed by atoms with Crippen LogP contribution >= 0.6 is 0 Å². The van der Waals surface area contributed by atoms with Gasteiger partial charge in [0.15, 0.2) is 5.82 Å². The van der Waals surface area contributed by atoms with Crippen molar-refractivity contribution in [2.24, 2.45) is 5.92 Å². The van der Waals surface area contributed by atoms with Crippen LogP contribution in [0.4, 0.5) is 0 Å². The van der Waals surface area contributed by atoms with E-state index < -0.39 is 0 Å². The van der Waals surface area contributed by atoms with Crippen molar-refractivity contribution in [1.29, 1.82) is 0 Å². The minimum atomic E-state index is 0.234. The molecule has 5 nitrogen and oxygen atoms in total. The van der Waals surface area contributed by atoms with Gasteiger partial charge in [0.1, 0.15) is 0 Å². The Morgan fingerprint density at radius 3 is 3.00 bits per heavy atom. The Morgan fingerprint density at radius 2 is 2.15 bits per heavy atom. The van der Waals surface area contributed by atoms with Crippen molar-refractivity contribution < 1.29 is 9.26 Å². The normalized spacial score (nSPS) is 21.2. The number of likely N-dealkylation sites (tertiary alicyclic amines) is 1. The third-order valence-corrected chi connectivity index (χ3v) is 5.37. The van der Waals surface area contributed by atoms with Crippen LogP contribution in [0, 0.1) is 12.8 Å². The van der Waals surface area contributed by atoms with Crippen LogP contribution in [-0.2, 0) is 17.7 Å². The molecule has 5 heteroatoms. The Morgan fingerprint density at radius 1 is 1.23 bits per heavy atom. The molecular formula is C21H29N3O2. The van der Waals surface area contributed by atoms with Gasteiger partial charge >= 0.3 is 0 Å². The molecule has 1 aliphatic carbocycles. The highest BCUT2D eigenvalue weighted by atomic mass is 16.5. The maximum atomic E-state index is 5.70. The van der Waals surface area contributed by atoms with E-state index in [9.17, 15) is 0 Å². The molecule has 0 radical (unpaired) electrons. The van der Waals surface area contributed by atoms with Crippen molar-refractivity contribution in [2.75, 3.05) is 19.8 Å². The summed E-state index contributed by atoms with van der Waals surface area (Å²) in [5.74, 6) is 2.35. The van der Waals surface area contributed by atoms with Crippen molar-refractivity contribution in [3.05, 3.63) is 47.1 Å². The highest BCUT2D eigenvalue weighted by molar-refractivity contribution is 5.22. The number of hydrogen-bond acceptors (Lipinski definition) is 5. The van der Waals surface area contributed by atoms with Crippen molar-refractivity contribution in [3.63, 3.8) is 0 Å². The smallest absolute Gasteiger partial charge is 0.244 e. The maximum Gasteiger partial charge on any atom is 0.244 e. The van der Waals surface area contributed by atoms with Gasteiger partial charge in [0.2, 0.25) is 5.89 Å². The topological polar surface area (TPSA) is 51.4 Å². The fourth-order valence-electron chi connectivity index (χ4n) is 3.71. The molecule has 1 saturated carbocycles. The molecule has 1 aliphatic heterocycles. The van der Waals surface area contributed by atoms with E-state index in [1.807, 2.05) is 0 Å². The van der Waals surface area contributed by atoms with Gasteiger partial charge in [0, 0.05) is 19.6 Å². The third kappa shape index (κ3) is 4.71. The van der Waals surface area contributed by atoms with Gasteiger partial charge in [0.05, 0.1) is 12.6 Å². The van der Waals surface area contributed by atoms with E-state index in [0.717, 1.165) is 50.2 Å². The largest absolute Gasteiger partial charge is 0.381 e. The fourth-order valence-corrected chi connectivity index (χ4v) is 3.71. The molecule has 1 saturated heterocycles. The van der Waals surface area contributed by atoms with Gasteiger partial charge in [-0.1, -0.05) is 41.4 Å². The predicted octanol–water partition coefficient (Wildman–Crippen LogP) is 4.07. The molecule has 2 fully saturated rings. The molecule has 1 aromatic heterocycles. The lowest BCUT2D eigenvalue weighted by atomic mass is 10.0. The number of piperidine rings is 1. The summed E-state index contributed by atoms with van der Waals surface area (Å²) in [6.07, 6.45) is 6.93. The predicted molar refractivity (Wildman–Crippen MR) is 99.7 cm³/mol. The second-order valence-corrected chi connectivity index (χ2v) is 7.79. The first-order chi connectivity index (χ1) is 12.8. The summed E-state index contributed by atoms with van der Waals surface area (Å²) in [6.45, 7) is 5.74. The Hall–Kier alpha value is -1.72. The summed E-state index contributed by atoms with van der Waals surface area (Å²) in [7, 11) is 0. The van der Waals surface area contributed by atoms with Gasteiger partial charge in [-0.25, -0.2) is 0 Å². The monoisotopic (exact) mass is 355 g/mol. The number of rotatable bonds is 8. The molecule has 0 N–H and O–H groups in total. The minimum Gasteiger partial charge on any atom is -0.381 e. The molecule has 2 heterocycles. The lowest BCUT2D eigenvalue weighted by Crippen LogP contribution is -2.33. The first-order valence-corrected chi connectivity index (χ1v) is 9.98. The van der Waals surface area contributed by atoms with Crippen molar-refractivity contribution >= 4 is 0 Å². The van der Waals surface area contributed by atoms with Crippen molar-refractivity contribution in [2.45, 2.75) is 58.0 Å². The minimum absolute atomic E-state index is 0.234. The van der Waals surface area contributed by atoms with Crippen molar-refractivity contribution in [3.8, 4) is 0 Å². The number of nitrogens with zero attached hydrogens (tertiary/aromatic N) is 3. The number of ether oxygens (including phenoxy) is 1. The molecule has 1 atom stereocenters. The van der Waals surface area contributed by atoms with Crippen LogP contribution < -0.4 is 0 Å².